The Morgan fingerprint density at radius 3 is 2.68 bits per heavy atom. The summed E-state index contributed by atoms with van der Waals surface area (Å²) in [6.45, 7) is 2.05. The van der Waals surface area contributed by atoms with Crippen molar-refractivity contribution in [2.24, 2.45) is 0 Å². The molecule has 0 amide bonds. The minimum Gasteiger partial charge on any atom is -0.481 e. The fraction of sp³-hybridized carbons (Fsp3) is 0.250. The minimum absolute atomic E-state index is 0.0349. The molecule has 0 aliphatic heterocycles. The van der Waals surface area contributed by atoms with Gasteiger partial charge in [-0.25, -0.2) is 0 Å². The molecular weight excluding hydrogens is 238 g/mol. The average molecular weight is 255 g/mol. The summed E-state index contributed by atoms with van der Waals surface area (Å²) < 4.78 is 0. The third kappa shape index (κ3) is 3.65. The van der Waals surface area contributed by atoms with E-state index in [1.807, 2.05) is 24.3 Å². The Bertz CT molecular complexity index is 552. The summed E-state index contributed by atoms with van der Waals surface area (Å²) >= 11 is 0. The fourth-order valence-corrected chi connectivity index (χ4v) is 2.24. The molecule has 0 fully saturated rings. The van der Waals surface area contributed by atoms with Crippen molar-refractivity contribution in [3.05, 3.63) is 65.5 Å². The van der Waals surface area contributed by atoms with Crippen molar-refractivity contribution in [2.45, 2.75) is 25.7 Å². The van der Waals surface area contributed by atoms with E-state index in [4.69, 9.17) is 5.11 Å². The standard InChI is InChI=1S/C16H17NO2/c1-12-5-2-3-6-13(12)9-15(10-16(18)19)14-7-4-8-17-11-14/h2-8,11,15H,9-10H2,1H3,(H,18,19). The first-order chi connectivity index (χ1) is 9.16. The molecule has 1 N–H and O–H groups in total. The van der Waals surface area contributed by atoms with Crippen LogP contribution >= 0.6 is 0 Å². The number of hydrogen-bond acceptors (Lipinski definition) is 2. The molecule has 1 aromatic carbocycles. The van der Waals surface area contributed by atoms with Gasteiger partial charge >= 0.3 is 5.97 Å². The summed E-state index contributed by atoms with van der Waals surface area (Å²) in [5.41, 5.74) is 3.37. The predicted octanol–water partition coefficient (Wildman–Crippen LogP) is 3.19. The molecule has 0 aliphatic rings. The van der Waals surface area contributed by atoms with E-state index in [1.54, 1.807) is 12.4 Å². The fourth-order valence-electron chi connectivity index (χ4n) is 2.24. The second-order valence-electron chi connectivity index (χ2n) is 4.71. The number of rotatable bonds is 5. The number of carboxylic acid groups (broad SMARTS) is 1. The van der Waals surface area contributed by atoms with Crippen LogP contribution in [-0.4, -0.2) is 16.1 Å². The van der Waals surface area contributed by atoms with Gasteiger partial charge in [-0.05, 0) is 42.0 Å². The molecule has 0 radical (unpaired) electrons. The lowest BCUT2D eigenvalue weighted by molar-refractivity contribution is -0.137. The van der Waals surface area contributed by atoms with Gasteiger partial charge in [0.05, 0.1) is 6.42 Å². The van der Waals surface area contributed by atoms with Gasteiger partial charge in [-0.2, -0.15) is 0 Å². The normalized spacial score (nSPS) is 12.1. The summed E-state index contributed by atoms with van der Waals surface area (Å²) in [5.74, 6) is -0.810. The monoisotopic (exact) mass is 255 g/mol. The first kappa shape index (κ1) is 13.3. The summed E-state index contributed by atoms with van der Waals surface area (Å²) in [7, 11) is 0. The molecule has 0 saturated heterocycles. The molecule has 1 atom stereocenters. The van der Waals surface area contributed by atoms with E-state index >= 15 is 0 Å². The number of carbonyl (C=O) groups is 1. The number of carboxylic acids is 1. The first-order valence-corrected chi connectivity index (χ1v) is 6.33. The van der Waals surface area contributed by atoms with Crippen LogP contribution in [0.5, 0.6) is 0 Å². The Kier molecular flexibility index (Phi) is 4.29. The molecule has 19 heavy (non-hydrogen) atoms. The molecule has 1 unspecified atom stereocenters. The molecular formula is C16H17NO2. The average Bonchev–Trinajstić information content (AvgIpc) is 2.41. The van der Waals surface area contributed by atoms with Crippen molar-refractivity contribution in [3.63, 3.8) is 0 Å². The van der Waals surface area contributed by atoms with Gasteiger partial charge in [-0.15, -0.1) is 0 Å². The van der Waals surface area contributed by atoms with Crippen molar-refractivity contribution in [3.8, 4) is 0 Å². The van der Waals surface area contributed by atoms with Gasteiger partial charge in [0.1, 0.15) is 0 Å². The molecule has 98 valence electrons. The Labute approximate surface area is 112 Å². The summed E-state index contributed by atoms with van der Waals surface area (Å²) in [6, 6.07) is 11.9. The van der Waals surface area contributed by atoms with E-state index in [2.05, 4.69) is 24.0 Å². The highest BCUT2D eigenvalue weighted by Crippen LogP contribution is 2.25. The van der Waals surface area contributed by atoms with Crippen LogP contribution < -0.4 is 0 Å². The van der Waals surface area contributed by atoms with Gasteiger partial charge in [0.25, 0.3) is 0 Å². The highest BCUT2D eigenvalue weighted by Gasteiger charge is 2.17. The van der Waals surface area contributed by atoms with Crippen molar-refractivity contribution in [1.82, 2.24) is 4.98 Å². The van der Waals surface area contributed by atoms with E-state index in [9.17, 15) is 4.79 Å². The second-order valence-corrected chi connectivity index (χ2v) is 4.71. The Morgan fingerprint density at radius 1 is 1.26 bits per heavy atom. The minimum atomic E-state index is -0.776. The largest absolute Gasteiger partial charge is 0.481 e. The number of nitrogens with zero attached hydrogens (tertiary/aromatic N) is 1. The van der Waals surface area contributed by atoms with Crippen LogP contribution in [0.15, 0.2) is 48.8 Å². The summed E-state index contributed by atoms with van der Waals surface area (Å²) in [6.07, 6.45) is 4.31. The number of aryl methyl sites for hydroxylation is 1. The van der Waals surface area contributed by atoms with Crippen LogP contribution in [-0.2, 0) is 11.2 Å². The molecule has 1 aromatic heterocycles. The molecule has 3 nitrogen and oxygen atoms in total. The topological polar surface area (TPSA) is 50.2 Å². The lowest BCUT2D eigenvalue weighted by Crippen LogP contribution is -2.10. The predicted molar refractivity (Wildman–Crippen MR) is 74.1 cm³/mol. The van der Waals surface area contributed by atoms with Crippen LogP contribution in [0.25, 0.3) is 0 Å². The van der Waals surface area contributed by atoms with Crippen molar-refractivity contribution < 1.29 is 9.90 Å². The number of aliphatic carboxylic acids is 1. The zero-order valence-electron chi connectivity index (χ0n) is 10.9. The zero-order valence-corrected chi connectivity index (χ0v) is 10.9. The van der Waals surface area contributed by atoms with Crippen LogP contribution in [0.1, 0.15) is 29.0 Å². The highest BCUT2D eigenvalue weighted by atomic mass is 16.4. The van der Waals surface area contributed by atoms with Crippen LogP contribution in [0.4, 0.5) is 0 Å². The molecule has 1 heterocycles. The van der Waals surface area contributed by atoms with E-state index < -0.39 is 5.97 Å². The van der Waals surface area contributed by atoms with Crippen LogP contribution in [0, 0.1) is 6.92 Å². The lowest BCUT2D eigenvalue weighted by Gasteiger charge is -2.16. The lowest BCUT2D eigenvalue weighted by atomic mass is 9.89. The van der Waals surface area contributed by atoms with Crippen LogP contribution in [0.2, 0.25) is 0 Å². The molecule has 2 aromatic rings. The summed E-state index contributed by atoms with van der Waals surface area (Å²) in [5, 5.41) is 9.07. The first-order valence-electron chi connectivity index (χ1n) is 6.33. The van der Waals surface area contributed by atoms with Gasteiger partial charge in [-0.1, -0.05) is 30.3 Å². The maximum atomic E-state index is 11.0. The zero-order chi connectivity index (χ0) is 13.7. The Morgan fingerprint density at radius 2 is 2.05 bits per heavy atom. The van der Waals surface area contributed by atoms with E-state index in [0.29, 0.717) is 0 Å². The second kappa shape index (κ2) is 6.14. The van der Waals surface area contributed by atoms with Gasteiger partial charge in [-0.3, -0.25) is 9.78 Å². The van der Waals surface area contributed by atoms with Crippen molar-refractivity contribution in [2.75, 3.05) is 0 Å². The summed E-state index contributed by atoms with van der Waals surface area (Å²) in [4.78, 5) is 15.1. The van der Waals surface area contributed by atoms with Gasteiger partial charge in [0.15, 0.2) is 0 Å². The number of hydrogen-bond donors (Lipinski definition) is 1. The van der Waals surface area contributed by atoms with Crippen LogP contribution in [0.3, 0.4) is 0 Å². The SMILES string of the molecule is Cc1ccccc1CC(CC(=O)O)c1cccnc1. The molecule has 2 rings (SSSR count). The number of pyridine rings is 1. The molecule has 0 bridgehead atoms. The maximum absolute atomic E-state index is 11.0. The Hall–Kier alpha value is -2.16. The molecule has 3 heteroatoms. The van der Waals surface area contributed by atoms with E-state index in [-0.39, 0.29) is 12.3 Å². The molecule has 0 saturated carbocycles. The van der Waals surface area contributed by atoms with E-state index in [0.717, 1.165) is 12.0 Å². The maximum Gasteiger partial charge on any atom is 0.303 e. The Balaban J connectivity index is 2.24. The van der Waals surface area contributed by atoms with Gasteiger partial charge in [0.2, 0.25) is 0 Å². The van der Waals surface area contributed by atoms with Gasteiger partial charge in [0, 0.05) is 12.4 Å². The number of benzene rings is 1. The quantitative estimate of drug-likeness (QED) is 0.892. The van der Waals surface area contributed by atoms with Crippen molar-refractivity contribution in [1.29, 1.82) is 0 Å². The molecule has 0 aliphatic carbocycles. The third-order valence-corrected chi connectivity index (χ3v) is 3.30. The van der Waals surface area contributed by atoms with Crippen molar-refractivity contribution >= 4 is 5.97 Å². The highest BCUT2D eigenvalue weighted by molar-refractivity contribution is 5.68. The number of aromatic nitrogens is 1. The molecule has 0 spiro atoms. The van der Waals surface area contributed by atoms with Gasteiger partial charge < -0.3 is 5.11 Å². The van der Waals surface area contributed by atoms with E-state index in [1.165, 1.54) is 11.1 Å². The smallest absolute Gasteiger partial charge is 0.303 e. The third-order valence-electron chi connectivity index (χ3n) is 3.30.